The highest BCUT2D eigenvalue weighted by molar-refractivity contribution is 9.10. The molecule has 0 aliphatic heterocycles. The van der Waals surface area contributed by atoms with E-state index in [1.165, 1.54) is 5.56 Å². The monoisotopic (exact) mass is 277 g/mol. The van der Waals surface area contributed by atoms with Gasteiger partial charge in [-0.05, 0) is 36.2 Å². The Hall–Kier alpha value is -1.35. The molecule has 2 aromatic rings. The molecule has 0 unspecified atom stereocenters. The van der Waals surface area contributed by atoms with Crippen LogP contribution in [0.1, 0.15) is 11.1 Å². The van der Waals surface area contributed by atoms with Crippen molar-refractivity contribution in [1.82, 2.24) is 4.98 Å². The molecule has 3 heteroatoms. The van der Waals surface area contributed by atoms with Gasteiger partial charge in [-0.3, -0.25) is 4.98 Å². The molecule has 0 atom stereocenters. The van der Waals surface area contributed by atoms with Crippen LogP contribution in [0.2, 0.25) is 0 Å². The van der Waals surface area contributed by atoms with Crippen LogP contribution in [-0.2, 0) is 6.61 Å². The molecule has 2 rings (SSSR count). The molecule has 16 heavy (non-hydrogen) atoms. The highest BCUT2D eigenvalue weighted by atomic mass is 79.9. The maximum absolute atomic E-state index is 5.61. The van der Waals surface area contributed by atoms with Crippen molar-refractivity contribution in [3.05, 3.63) is 58.3 Å². The number of aryl methyl sites for hydroxylation is 1. The van der Waals surface area contributed by atoms with E-state index in [9.17, 15) is 0 Å². The van der Waals surface area contributed by atoms with Gasteiger partial charge in [-0.25, -0.2) is 0 Å². The lowest BCUT2D eigenvalue weighted by Crippen LogP contribution is -1.96. The van der Waals surface area contributed by atoms with Crippen LogP contribution >= 0.6 is 15.9 Å². The van der Waals surface area contributed by atoms with Gasteiger partial charge in [0.25, 0.3) is 0 Å². The van der Waals surface area contributed by atoms with Gasteiger partial charge in [0.15, 0.2) is 0 Å². The molecule has 0 aliphatic carbocycles. The third-order valence-electron chi connectivity index (χ3n) is 2.26. The molecule has 0 N–H and O–H groups in total. The minimum Gasteiger partial charge on any atom is -0.487 e. The van der Waals surface area contributed by atoms with Gasteiger partial charge in [0.1, 0.15) is 12.4 Å². The normalized spacial score (nSPS) is 10.1. The summed E-state index contributed by atoms with van der Waals surface area (Å²) in [6, 6.07) is 9.96. The molecule has 0 amide bonds. The lowest BCUT2D eigenvalue weighted by molar-refractivity contribution is 0.305. The molecule has 0 fully saturated rings. The third kappa shape index (κ3) is 2.83. The van der Waals surface area contributed by atoms with E-state index in [2.05, 4.69) is 33.9 Å². The first-order valence-electron chi connectivity index (χ1n) is 5.03. The van der Waals surface area contributed by atoms with Crippen LogP contribution in [0.4, 0.5) is 0 Å². The van der Waals surface area contributed by atoms with Crippen molar-refractivity contribution in [2.75, 3.05) is 0 Å². The van der Waals surface area contributed by atoms with Crippen molar-refractivity contribution in [2.45, 2.75) is 13.5 Å². The Kier molecular flexibility index (Phi) is 3.57. The van der Waals surface area contributed by atoms with Gasteiger partial charge in [-0.15, -0.1) is 0 Å². The van der Waals surface area contributed by atoms with Gasteiger partial charge in [-0.1, -0.05) is 28.1 Å². The van der Waals surface area contributed by atoms with E-state index >= 15 is 0 Å². The minimum absolute atomic E-state index is 0.569. The van der Waals surface area contributed by atoms with Gasteiger partial charge in [0.2, 0.25) is 0 Å². The van der Waals surface area contributed by atoms with Crippen molar-refractivity contribution >= 4 is 15.9 Å². The van der Waals surface area contributed by atoms with E-state index in [1.807, 2.05) is 24.3 Å². The van der Waals surface area contributed by atoms with E-state index < -0.39 is 0 Å². The van der Waals surface area contributed by atoms with Crippen molar-refractivity contribution < 1.29 is 4.74 Å². The Bertz CT molecular complexity index is 471. The maximum Gasteiger partial charge on any atom is 0.138 e. The highest BCUT2D eigenvalue weighted by Crippen LogP contribution is 2.18. The topological polar surface area (TPSA) is 22.1 Å². The number of nitrogens with zero attached hydrogens (tertiary/aromatic N) is 1. The summed E-state index contributed by atoms with van der Waals surface area (Å²) in [5.74, 6) is 0.795. The van der Waals surface area contributed by atoms with E-state index in [-0.39, 0.29) is 0 Å². The Morgan fingerprint density at radius 1 is 1.31 bits per heavy atom. The summed E-state index contributed by atoms with van der Waals surface area (Å²) in [6.07, 6.45) is 3.45. The molecule has 1 aromatic carbocycles. The molecule has 0 aliphatic rings. The molecule has 0 radical (unpaired) electrons. The molecule has 82 valence electrons. The fourth-order valence-corrected chi connectivity index (χ4v) is 1.64. The largest absolute Gasteiger partial charge is 0.487 e. The van der Waals surface area contributed by atoms with Gasteiger partial charge in [-0.2, -0.15) is 0 Å². The quantitative estimate of drug-likeness (QED) is 0.853. The zero-order valence-corrected chi connectivity index (χ0v) is 10.6. The first kappa shape index (κ1) is 11.1. The Morgan fingerprint density at radius 2 is 2.19 bits per heavy atom. The molecular weight excluding hydrogens is 266 g/mol. The van der Waals surface area contributed by atoms with Crippen LogP contribution < -0.4 is 4.74 Å². The summed E-state index contributed by atoms with van der Waals surface area (Å²) in [5, 5.41) is 0. The third-order valence-corrected chi connectivity index (χ3v) is 3.15. The van der Waals surface area contributed by atoms with E-state index in [4.69, 9.17) is 4.74 Å². The van der Waals surface area contributed by atoms with Crippen LogP contribution in [-0.4, -0.2) is 4.98 Å². The first-order chi connectivity index (χ1) is 7.75. The SMILES string of the molecule is Cc1cc(COc2cccnc2)ccc1Br. The molecule has 0 spiro atoms. The van der Waals surface area contributed by atoms with Crippen molar-refractivity contribution in [1.29, 1.82) is 0 Å². The van der Waals surface area contributed by atoms with E-state index in [0.717, 1.165) is 15.8 Å². The van der Waals surface area contributed by atoms with E-state index in [1.54, 1.807) is 12.4 Å². The van der Waals surface area contributed by atoms with Gasteiger partial charge < -0.3 is 4.74 Å². The second kappa shape index (κ2) is 5.12. The fraction of sp³-hybridized carbons (Fsp3) is 0.154. The molecule has 0 bridgehead atoms. The summed E-state index contributed by atoms with van der Waals surface area (Å²) in [4.78, 5) is 4.00. The molecule has 1 heterocycles. The average Bonchev–Trinajstić information content (AvgIpc) is 2.32. The number of ether oxygens (including phenoxy) is 1. The summed E-state index contributed by atoms with van der Waals surface area (Å²) in [7, 11) is 0. The number of halogens is 1. The zero-order valence-electron chi connectivity index (χ0n) is 8.98. The molecule has 2 nitrogen and oxygen atoms in total. The zero-order chi connectivity index (χ0) is 11.4. The number of aromatic nitrogens is 1. The molecular formula is C13H12BrNO. The van der Waals surface area contributed by atoms with Crippen molar-refractivity contribution in [3.8, 4) is 5.75 Å². The minimum atomic E-state index is 0.569. The Morgan fingerprint density at radius 3 is 2.88 bits per heavy atom. The Labute approximate surface area is 103 Å². The fourth-order valence-electron chi connectivity index (χ4n) is 1.40. The number of pyridine rings is 1. The molecule has 1 aromatic heterocycles. The lowest BCUT2D eigenvalue weighted by Gasteiger charge is -2.07. The standard InChI is InChI=1S/C13H12BrNO/c1-10-7-11(4-5-13(10)14)9-16-12-3-2-6-15-8-12/h2-8H,9H2,1H3. The second-order valence-corrected chi connectivity index (χ2v) is 4.42. The molecule has 0 saturated carbocycles. The second-order valence-electron chi connectivity index (χ2n) is 3.56. The predicted molar refractivity (Wildman–Crippen MR) is 67.4 cm³/mol. The van der Waals surface area contributed by atoms with Crippen LogP contribution in [0.25, 0.3) is 0 Å². The smallest absolute Gasteiger partial charge is 0.138 e. The average molecular weight is 278 g/mol. The van der Waals surface area contributed by atoms with E-state index in [0.29, 0.717) is 6.61 Å². The van der Waals surface area contributed by atoms with Crippen molar-refractivity contribution in [3.63, 3.8) is 0 Å². The molecule has 0 saturated heterocycles. The number of hydrogen-bond acceptors (Lipinski definition) is 2. The van der Waals surface area contributed by atoms with Crippen LogP contribution in [0.3, 0.4) is 0 Å². The van der Waals surface area contributed by atoms with Crippen LogP contribution in [0.5, 0.6) is 5.75 Å². The lowest BCUT2D eigenvalue weighted by atomic mass is 10.1. The van der Waals surface area contributed by atoms with Gasteiger partial charge in [0.05, 0.1) is 6.20 Å². The van der Waals surface area contributed by atoms with Gasteiger partial charge in [0, 0.05) is 10.7 Å². The Balaban J connectivity index is 2.03. The van der Waals surface area contributed by atoms with Crippen molar-refractivity contribution in [2.24, 2.45) is 0 Å². The van der Waals surface area contributed by atoms with Crippen LogP contribution in [0.15, 0.2) is 47.2 Å². The summed E-state index contributed by atoms with van der Waals surface area (Å²) in [6.45, 7) is 2.64. The number of benzene rings is 1. The highest BCUT2D eigenvalue weighted by Gasteiger charge is 1.98. The van der Waals surface area contributed by atoms with Crippen LogP contribution in [0, 0.1) is 6.92 Å². The predicted octanol–water partition coefficient (Wildman–Crippen LogP) is 3.73. The first-order valence-corrected chi connectivity index (χ1v) is 5.83. The maximum atomic E-state index is 5.61. The summed E-state index contributed by atoms with van der Waals surface area (Å²) < 4.78 is 6.73. The summed E-state index contributed by atoms with van der Waals surface area (Å²) in [5.41, 5.74) is 2.37. The number of rotatable bonds is 3. The number of hydrogen-bond donors (Lipinski definition) is 0. The summed E-state index contributed by atoms with van der Waals surface area (Å²) >= 11 is 3.47. The van der Waals surface area contributed by atoms with Gasteiger partial charge >= 0.3 is 0 Å².